The highest BCUT2D eigenvalue weighted by Gasteiger charge is 2.10. The monoisotopic (exact) mass is 391 g/mol. The maximum absolute atomic E-state index is 12.3. The van der Waals surface area contributed by atoms with Crippen LogP contribution >= 0.6 is 24.0 Å². The standard InChI is InChI=1S/C19H18ClN3O2.ClH/c1-13-9-16(23-25-13)12-21-11-14-5-4-6-15(10-14)22-19(24)17-7-2-3-8-18(17)20;/h2-10,21H,11-12H2,1H3,(H,22,24);1H. The third-order valence-electron chi connectivity index (χ3n) is 3.62. The number of nitrogens with one attached hydrogen (secondary N) is 2. The molecular formula is C19H19Cl2N3O2. The van der Waals surface area contributed by atoms with E-state index in [1.807, 2.05) is 37.3 Å². The van der Waals surface area contributed by atoms with Crippen LogP contribution in [0.4, 0.5) is 5.69 Å². The van der Waals surface area contributed by atoms with Gasteiger partial charge in [-0.05, 0) is 36.8 Å². The van der Waals surface area contributed by atoms with Gasteiger partial charge in [0.05, 0.1) is 16.3 Å². The van der Waals surface area contributed by atoms with Gasteiger partial charge in [-0.25, -0.2) is 0 Å². The number of rotatable bonds is 6. The molecule has 1 aromatic heterocycles. The van der Waals surface area contributed by atoms with E-state index in [0.717, 1.165) is 22.7 Å². The van der Waals surface area contributed by atoms with E-state index in [1.54, 1.807) is 24.3 Å². The molecule has 0 aliphatic carbocycles. The van der Waals surface area contributed by atoms with Crippen molar-refractivity contribution in [2.45, 2.75) is 20.0 Å². The summed E-state index contributed by atoms with van der Waals surface area (Å²) in [5.41, 5.74) is 3.09. The quantitative estimate of drug-likeness (QED) is 0.644. The Balaban J connectivity index is 0.00000243. The van der Waals surface area contributed by atoms with E-state index in [2.05, 4.69) is 15.8 Å². The van der Waals surface area contributed by atoms with Gasteiger partial charge in [0, 0.05) is 24.8 Å². The summed E-state index contributed by atoms with van der Waals surface area (Å²) in [7, 11) is 0. The lowest BCUT2D eigenvalue weighted by Gasteiger charge is -2.09. The van der Waals surface area contributed by atoms with E-state index in [9.17, 15) is 4.79 Å². The van der Waals surface area contributed by atoms with E-state index in [0.29, 0.717) is 23.7 Å². The number of amides is 1. The Labute approximate surface area is 163 Å². The van der Waals surface area contributed by atoms with Gasteiger partial charge in [-0.3, -0.25) is 4.79 Å². The van der Waals surface area contributed by atoms with Crippen LogP contribution in [0.25, 0.3) is 0 Å². The van der Waals surface area contributed by atoms with Gasteiger partial charge in [0.2, 0.25) is 0 Å². The van der Waals surface area contributed by atoms with Crippen LogP contribution in [0, 0.1) is 6.92 Å². The Morgan fingerprint density at radius 3 is 2.65 bits per heavy atom. The van der Waals surface area contributed by atoms with Crippen molar-refractivity contribution < 1.29 is 9.32 Å². The SMILES string of the molecule is Cc1cc(CNCc2cccc(NC(=O)c3ccccc3Cl)c2)no1.Cl. The molecule has 0 atom stereocenters. The number of benzene rings is 2. The van der Waals surface area contributed by atoms with Crippen LogP contribution in [0.3, 0.4) is 0 Å². The molecule has 0 aliphatic rings. The minimum atomic E-state index is -0.228. The fraction of sp³-hybridized carbons (Fsp3) is 0.158. The number of aryl methyl sites for hydroxylation is 1. The molecule has 7 heteroatoms. The molecule has 5 nitrogen and oxygen atoms in total. The Hall–Kier alpha value is -2.34. The Morgan fingerprint density at radius 2 is 1.92 bits per heavy atom. The van der Waals surface area contributed by atoms with Gasteiger partial charge < -0.3 is 15.2 Å². The molecule has 3 aromatic rings. The third kappa shape index (κ3) is 5.33. The average Bonchev–Trinajstić information content (AvgIpc) is 3.01. The summed E-state index contributed by atoms with van der Waals surface area (Å²) in [6, 6.07) is 16.5. The van der Waals surface area contributed by atoms with Crippen LogP contribution in [0.5, 0.6) is 0 Å². The van der Waals surface area contributed by atoms with E-state index in [4.69, 9.17) is 16.1 Å². The van der Waals surface area contributed by atoms with Crippen LogP contribution < -0.4 is 10.6 Å². The van der Waals surface area contributed by atoms with Crippen molar-refractivity contribution in [2.24, 2.45) is 0 Å². The van der Waals surface area contributed by atoms with Crippen molar-refractivity contribution >= 4 is 35.6 Å². The van der Waals surface area contributed by atoms with Crippen molar-refractivity contribution in [3.8, 4) is 0 Å². The zero-order valence-corrected chi connectivity index (χ0v) is 15.7. The maximum Gasteiger partial charge on any atom is 0.257 e. The lowest BCUT2D eigenvalue weighted by molar-refractivity contribution is 0.102. The highest BCUT2D eigenvalue weighted by Crippen LogP contribution is 2.18. The van der Waals surface area contributed by atoms with Crippen molar-refractivity contribution in [3.63, 3.8) is 0 Å². The summed E-state index contributed by atoms with van der Waals surface area (Å²) in [6.07, 6.45) is 0. The fourth-order valence-electron chi connectivity index (χ4n) is 2.44. The predicted octanol–water partition coefficient (Wildman–Crippen LogP) is 4.60. The number of hydrogen-bond donors (Lipinski definition) is 2. The number of carbonyl (C=O) groups excluding carboxylic acids is 1. The van der Waals surface area contributed by atoms with Crippen molar-refractivity contribution in [2.75, 3.05) is 5.32 Å². The van der Waals surface area contributed by atoms with Gasteiger partial charge in [-0.1, -0.05) is 41.0 Å². The van der Waals surface area contributed by atoms with Crippen LogP contribution in [0.2, 0.25) is 5.02 Å². The van der Waals surface area contributed by atoms with Crippen molar-refractivity contribution in [3.05, 3.63) is 82.2 Å². The molecule has 2 aromatic carbocycles. The van der Waals surface area contributed by atoms with Crippen LogP contribution in [0.1, 0.15) is 27.4 Å². The minimum Gasteiger partial charge on any atom is -0.361 e. The van der Waals surface area contributed by atoms with Crippen LogP contribution in [-0.2, 0) is 13.1 Å². The molecule has 0 fully saturated rings. The number of nitrogens with zero attached hydrogens (tertiary/aromatic N) is 1. The van der Waals surface area contributed by atoms with E-state index < -0.39 is 0 Å². The summed E-state index contributed by atoms with van der Waals surface area (Å²) in [5, 5.41) is 10.5. The molecule has 136 valence electrons. The maximum atomic E-state index is 12.3. The highest BCUT2D eigenvalue weighted by molar-refractivity contribution is 6.34. The molecule has 0 unspecified atom stereocenters. The van der Waals surface area contributed by atoms with Gasteiger partial charge in [0.25, 0.3) is 5.91 Å². The zero-order valence-electron chi connectivity index (χ0n) is 14.2. The van der Waals surface area contributed by atoms with Crippen LogP contribution in [-0.4, -0.2) is 11.1 Å². The third-order valence-corrected chi connectivity index (χ3v) is 3.94. The molecule has 0 saturated heterocycles. The smallest absolute Gasteiger partial charge is 0.257 e. The molecule has 0 radical (unpaired) electrons. The molecule has 0 bridgehead atoms. The van der Waals surface area contributed by atoms with Gasteiger partial charge in [0.1, 0.15) is 5.76 Å². The number of halogens is 2. The van der Waals surface area contributed by atoms with Gasteiger partial charge in [-0.15, -0.1) is 12.4 Å². The number of carbonyl (C=O) groups is 1. The second kappa shape index (κ2) is 9.38. The Bertz CT molecular complexity index is 880. The molecule has 2 N–H and O–H groups in total. The zero-order chi connectivity index (χ0) is 17.6. The van der Waals surface area contributed by atoms with Crippen molar-refractivity contribution in [1.29, 1.82) is 0 Å². The lowest BCUT2D eigenvalue weighted by atomic mass is 10.1. The molecule has 1 amide bonds. The number of aromatic nitrogens is 1. The number of hydrogen-bond acceptors (Lipinski definition) is 4. The summed E-state index contributed by atoms with van der Waals surface area (Å²) in [6.45, 7) is 3.14. The van der Waals surface area contributed by atoms with Gasteiger partial charge in [-0.2, -0.15) is 0 Å². The molecule has 26 heavy (non-hydrogen) atoms. The Morgan fingerprint density at radius 1 is 1.12 bits per heavy atom. The van der Waals surface area contributed by atoms with E-state index in [1.165, 1.54) is 0 Å². The first kappa shape index (κ1) is 20.0. The first-order chi connectivity index (χ1) is 12.1. The molecule has 0 aliphatic heterocycles. The Kier molecular flexibility index (Phi) is 7.21. The summed E-state index contributed by atoms with van der Waals surface area (Å²) >= 11 is 6.06. The second-order valence-electron chi connectivity index (χ2n) is 5.67. The first-order valence-corrected chi connectivity index (χ1v) is 8.27. The second-order valence-corrected chi connectivity index (χ2v) is 6.07. The van der Waals surface area contributed by atoms with E-state index >= 15 is 0 Å². The average molecular weight is 392 g/mol. The summed E-state index contributed by atoms with van der Waals surface area (Å²) in [4.78, 5) is 12.3. The van der Waals surface area contributed by atoms with E-state index in [-0.39, 0.29) is 18.3 Å². The molecule has 0 saturated carbocycles. The fourth-order valence-corrected chi connectivity index (χ4v) is 2.66. The topological polar surface area (TPSA) is 67.2 Å². The summed E-state index contributed by atoms with van der Waals surface area (Å²) in [5.74, 6) is 0.565. The normalized spacial score (nSPS) is 10.2. The van der Waals surface area contributed by atoms with Gasteiger partial charge >= 0.3 is 0 Å². The number of anilines is 1. The molecule has 3 rings (SSSR count). The lowest BCUT2D eigenvalue weighted by Crippen LogP contribution is -2.14. The molecule has 1 heterocycles. The summed E-state index contributed by atoms with van der Waals surface area (Å²) < 4.78 is 5.03. The minimum absolute atomic E-state index is 0. The van der Waals surface area contributed by atoms with Gasteiger partial charge in [0.15, 0.2) is 0 Å². The predicted molar refractivity (Wildman–Crippen MR) is 105 cm³/mol. The largest absolute Gasteiger partial charge is 0.361 e. The molecule has 0 spiro atoms. The molecular weight excluding hydrogens is 373 g/mol. The van der Waals surface area contributed by atoms with Crippen molar-refractivity contribution in [1.82, 2.24) is 10.5 Å². The first-order valence-electron chi connectivity index (χ1n) is 7.89. The van der Waals surface area contributed by atoms with Crippen LogP contribution in [0.15, 0.2) is 59.1 Å². The highest BCUT2D eigenvalue weighted by atomic mass is 35.5.